The first-order valence-corrected chi connectivity index (χ1v) is 5.65. The number of carbonyl (C=O) groups excluding carboxylic acids is 1. The minimum atomic E-state index is -0.0324. The quantitative estimate of drug-likeness (QED) is 0.676. The molecule has 2 atom stereocenters. The maximum Gasteiger partial charge on any atom is 0.226 e. The lowest BCUT2D eigenvalue weighted by Crippen LogP contribution is -2.60. The number of nitrogens with two attached hydrogens (primary N) is 1. The van der Waals surface area contributed by atoms with Gasteiger partial charge in [-0.1, -0.05) is 13.8 Å². The number of ether oxygens (including phenoxy) is 1. The van der Waals surface area contributed by atoms with Crippen LogP contribution in [0.3, 0.4) is 0 Å². The zero-order chi connectivity index (χ0) is 11.1. The first-order valence-electron chi connectivity index (χ1n) is 5.65. The number of carbonyl (C=O) groups is 1. The average molecular weight is 212 g/mol. The summed E-state index contributed by atoms with van der Waals surface area (Å²) in [6, 6.07) is 0.174. The zero-order valence-electron chi connectivity index (χ0n) is 9.53. The van der Waals surface area contributed by atoms with Crippen LogP contribution >= 0.6 is 0 Å². The Morgan fingerprint density at radius 1 is 1.40 bits per heavy atom. The van der Waals surface area contributed by atoms with E-state index in [1.54, 1.807) is 0 Å². The maximum atomic E-state index is 12.2. The van der Waals surface area contributed by atoms with Crippen LogP contribution in [0.25, 0.3) is 0 Å². The summed E-state index contributed by atoms with van der Waals surface area (Å²) in [6.07, 6.45) is 0.836. The van der Waals surface area contributed by atoms with E-state index in [1.807, 2.05) is 4.90 Å². The lowest BCUT2D eigenvalue weighted by atomic mass is 9.58. The van der Waals surface area contributed by atoms with Crippen molar-refractivity contribution in [2.24, 2.45) is 17.1 Å². The summed E-state index contributed by atoms with van der Waals surface area (Å²) < 4.78 is 5.24. The lowest BCUT2D eigenvalue weighted by Gasteiger charge is -2.50. The molecule has 0 aromatic carbocycles. The highest BCUT2D eigenvalue weighted by Crippen LogP contribution is 2.45. The van der Waals surface area contributed by atoms with Crippen molar-refractivity contribution in [3.63, 3.8) is 0 Å². The number of hydrogen-bond acceptors (Lipinski definition) is 3. The first kappa shape index (κ1) is 10.9. The number of rotatable bonds is 1. The van der Waals surface area contributed by atoms with Crippen LogP contribution in [-0.2, 0) is 9.53 Å². The lowest BCUT2D eigenvalue weighted by molar-refractivity contribution is -0.151. The third-order valence-corrected chi connectivity index (χ3v) is 3.96. The molecule has 2 fully saturated rings. The molecule has 4 nitrogen and oxygen atoms in total. The van der Waals surface area contributed by atoms with Gasteiger partial charge in [0, 0.05) is 25.0 Å². The van der Waals surface area contributed by atoms with Gasteiger partial charge in [-0.15, -0.1) is 0 Å². The zero-order valence-corrected chi connectivity index (χ0v) is 9.53. The summed E-state index contributed by atoms with van der Waals surface area (Å²) in [6.45, 7) is 6.99. The van der Waals surface area contributed by atoms with Crippen molar-refractivity contribution in [2.45, 2.75) is 26.3 Å². The molecule has 0 aromatic heterocycles. The third kappa shape index (κ3) is 1.76. The van der Waals surface area contributed by atoms with Crippen LogP contribution in [0.15, 0.2) is 0 Å². The Kier molecular flexibility index (Phi) is 2.73. The molecular weight excluding hydrogens is 192 g/mol. The highest BCUT2D eigenvalue weighted by atomic mass is 16.5. The Morgan fingerprint density at radius 2 is 2.00 bits per heavy atom. The van der Waals surface area contributed by atoms with Gasteiger partial charge in [0.1, 0.15) is 0 Å². The number of hydrogen-bond donors (Lipinski definition) is 1. The fourth-order valence-corrected chi connectivity index (χ4v) is 2.38. The number of morpholine rings is 1. The van der Waals surface area contributed by atoms with Crippen LogP contribution in [0.1, 0.15) is 20.3 Å². The second-order valence-electron chi connectivity index (χ2n) is 5.15. The molecule has 15 heavy (non-hydrogen) atoms. The van der Waals surface area contributed by atoms with Gasteiger partial charge < -0.3 is 15.4 Å². The van der Waals surface area contributed by atoms with Crippen LogP contribution in [0.5, 0.6) is 0 Å². The van der Waals surface area contributed by atoms with Crippen LogP contribution < -0.4 is 5.73 Å². The van der Waals surface area contributed by atoms with E-state index in [0.29, 0.717) is 13.2 Å². The van der Waals surface area contributed by atoms with Gasteiger partial charge in [-0.2, -0.15) is 0 Å². The van der Waals surface area contributed by atoms with Gasteiger partial charge in [-0.05, 0) is 11.8 Å². The van der Waals surface area contributed by atoms with Crippen molar-refractivity contribution in [1.29, 1.82) is 0 Å². The van der Waals surface area contributed by atoms with Crippen LogP contribution in [0, 0.1) is 11.3 Å². The minimum absolute atomic E-state index is 0.0324. The molecule has 1 heterocycles. The van der Waals surface area contributed by atoms with E-state index in [2.05, 4.69) is 13.8 Å². The van der Waals surface area contributed by atoms with Gasteiger partial charge in [-0.3, -0.25) is 4.79 Å². The first-order chi connectivity index (χ1) is 7.03. The summed E-state index contributed by atoms with van der Waals surface area (Å²) in [4.78, 5) is 14.1. The third-order valence-electron chi connectivity index (χ3n) is 3.96. The van der Waals surface area contributed by atoms with Gasteiger partial charge in [-0.25, -0.2) is 0 Å². The van der Waals surface area contributed by atoms with Gasteiger partial charge in [0.15, 0.2) is 0 Å². The summed E-state index contributed by atoms with van der Waals surface area (Å²) in [5.74, 6) is 0.385. The second-order valence-corrected chi connectivity index (χ2v) is 5.15. The highest BCUT2D eigenvalue weighted by Gasteiger charge is 2.51. The molecule has 2 rings (SSSR count). The topological polar surface area (TPSA) is 55.6 Å². The van der Waals surface area contributed by atoms with Crippen LogP contribution in [0.2, 0.25) is 0 Å². The monoisotopic (exact) mass is 212 g/mol. The van der Waals surface area contributed by atoms with Crippen LogP contribution in [0.4, 0.5) is 0 Å². The molecule has 2 aliphatic rings. The van der Waals surface area contributed by atoms with Crippen LogP contribution in [-0.4, -0.2) is 43.2 Å². The Hall–Kier alpha value is -0.610. The number of nitrogens with zero attached hydrogens (tertiary/aromatic N) is 1. The highest BCUT2D eigenvalue weighted by molar-refractivity contribution is 5.81. The fourth-order valence-electron chi connectivity index (χ4n) is 2.38. The molecule has 0 unspecified atom stereocenters. The molecule has 86 valence electrons. The molecule has 1 amide bonds. The largest absolute Gasteiger partial charge is 0.378 e. The van der Waals surface area contributed by atoms with Crippen molar-refractivity contribution < 1.29 is 9.53 Å². The molecule has 1 aliphatic carbocycles. The van der Waals surface area contributed by atoms with Gasteiger partial charge >= 0.3 is 0 Å². The van der Waals surface area contributed by atoms with Gasteiger partial charge in [0.05, 0.1) is 13.2 Å². The van der Waals surface area contributed by atoms with E-state index in [1.165, 1.54) is 0 Å². The summed E-state index contributed by atoms with van der Waals surface area (Å²) in [5.41, 5.74) is 5.89. The SMILES string of the molecule is CC1(C)[C@@H](N)C[C@H]1C(=O)N1CCOCC1. The summed E-state index contributed by atoms with van der Waals surface area (Å²) in [7, 11) is 0. The van der Waals surface area contributed by atoms with Crippen molar-refractivity contribution in [3.05, 3.63) is 0 Å². The summed E-state index contributed by atoms with van der Waals surface area (Å²) in [5, 5.41) is 0. The van der Waals surface area contributed by atoms with Crippen molar-refractivity contribution in [1.82, 2.24) is 4.90 Å². The smallest absolute Gasteiger partial charge is 0.226 e. The van der Waals surface area contributed by atoms with Crippen molar-refractivity contribution in [2.75, 3.05) is 26.3 Å². The fraction of sp³-hybridized carbons (Fsp3) is 0.909. The van der Waals surface area contributed by atoms with E-state index < -0.39 is 0 Å². The van der Waals surface area contributed by atoms with Crippen molar-refractivity contribution >= 4 is 5.91 Å². The Labute approximate surface area is 90.8 Å². The number of amides is 1. The van der Waals surface area contributed by atoms with E-state index in [4.69, 9.17) is 10.5 Å². The van der Waals surface area contributed by atoms with Gasteiger partial charge in [0.25, 0.3) is 0 Å². The maximum absolute atomic E-state index is 12.2. The van der Waals surface area contributed by atoms with E-state index >= 15 is 0 Å². The summed E-state index contributed by atoms with van der Waals surface area (Å²) >= 11 is 0. The van der Waals surface area contributed by atoms with E-state index in [0.717, 1.165) is 19.5 Å². The predicted molar refractivity (Wildman–Crippen MR) is 57.3 cm³/mol. The van der Waals surface area contributed by atoms with E-state index in [-0.39, 0.29) is 23.3 Å². The minimum Gasteiger partial charge on any atom is -0.378 e. The predicted octanol–water partition coefficient (Wildman–Crippen LogP) is 0.219. The molecule has 1 aliphatic heterocycles. The van der Waals surface area contributed by atoms with Gasteiger partial charge in [0.2, 0.25) is 5.91 Å². The molecule has 0 spiro atoms. The molecule has 0 radical (unpaired) electrons. The molecule has 2 N–H and O–H groups in total. The Morgan fingerprint density at radius 3 is 2.47 bits per heavy atom. The second kappa shape index (κ2) is 3.76. The molecular formula is C11H20N2O2. The molecule has 0 aromatic rings. The molecule has 0 bridgehead atoms. The molecule has 1 saturated heterocycles. The average Bonchev–Trinajstić information content (AvgIpc) is 2.26. The van der Waals surface area contributed by atoms with E-state index in [9.17, 15) is 4.79 Å². The standard InChI is InChI=1S/C11H20N2O2/c1-11(2)8(7-9(11)12)10(14)13-3-5-15-6-4-13/h8-9H,3-7,12H2,1-2H3/t8-,9-/m0/s1. The molecule has 4 heteroatoms. The molecule has 1 saturated carbocycles. The van der Waals surface area contributed by atoms with Crippen molar-refractivity contribution in [3.8, 4) is 0 Å². The Bertz CT molecular complexity index is 259. The Balaban J connectivity index is 1.96. The normalized spacial score (nSPS) is 34.7.